The van der Waals surface area contributed by atoms with Crippen LogP contribution >= 0.6 is 23.5 Å². The lowest BCUT2D eigenvalue weighted by atomic mass is 9.90. The summed E-state index contributed by atoms with van der Waals surface area (Å²) in [5.74, 6) is 3.14. The van der Waals surface area contributed by atoms with Crippen LogP contribution in [0.5, 0.6) is 0 Å². The lowest BCUT2D eigenvalue weighted by molar-refractivity contribution is 0.402. The van der Waals surface area contributed by atoms with Gasteiger partial charge in [0.25, 0.3) is 0 Å². The van der Waals surface area contributed by atoms with Crippen LogP contribution in [-0.4, -0.2) is 14.6 Å². The molecule has 0 aromatic carbocycles. The third kappa shape index (κ3) is 11.8. The highest BCUT2D eigenvalue weighted by Crippen LogP contribution is 2.44. The molecule has 0 radical (unpaired) electrons. The number of rotatable bonds is 12. The molecule has 0 spiro atoms. The van der Waals surface area contributed by atoms with Crippen LogP contribution < -0.4 is 0 Å². The summed E-state index contributed by atoms with van der Waals surface area (Å²) in [6.45, 7) is 24.0. The standard InChI is InChI=1S/C21H44S2/c1-16(2)11-20(9,12-17(3)4)22-15-23-21(10,13-18(5)6)14-19(7)8/h16-19H,11-15H2,1-10H3. The first-order chi connectivity index (χ1) is 10.4. The fourth-order valence-corrected chi connectivity index (χ4v) is 8.49. The van der Waals surface area contributed by atoms with Crippen molar-refractivity contribution in [2.45, 2.75) is 104 Å². The summed E-state index contributed by atoms with van der Waals surface area (Å²) in [4.78, 5) is 0. The maximum atomic E-state index is 2.50. The third-order valence-electron chi connectivity index (χ3n) is 4.17. The van der Waals surface area contributed by atoms with Gasteiger partial charge in [-0.05, 0) is 49.4 Å². The van der Waals surface area contributed by atoms with Crippen molar-refractivity contribution in [1.29, 1.82) is 0 Å². The van der Waals surface area contributed by atoms with Crippen LogP contribution in [0.15, 0.2) is 0 Å². The first-order valence-electron chi connectivity index (χ1n) is 9.65. The van der Waals surface area contributed by atoms with Gasteiger partial charge in [0.15, 0.2) is 0 Å². The molecule has 0 aromatic rings. The Morgan fingerprint density at radius 2 is 0.739 bits per heavy atom. The van der Waals surface area contributed by atoms with Crippen molar-refractivity contribution in [2.75, 3.05) is 5.08 Å². The van der Waals surface area contributed by atoms with Crippen LogP contribution in [0.2, 0.25) is 0 Å². The molecule has 0 aromatic heterocycles. The van der Waals surface area contributed by atoms with Crippen molar-refractivity contribution in [3.8, 4) is 0 Å². The Morgan fingerprint density at radius 1 is 0.522 bits per heavy atom. The molecule has 0 amide bonds. The second-order valence-electron chi connectivity index (χ2n) is 9.70. The third-order valence-corrected chi connectivity index (χ3v) is 7.18. The first kappa shape index (κ1) is 23.7. The fraction of sp³-hybridized carbons (Fsp3) is 1.00. The van der Waals surface area contributed by atoms with Crippen LogP contribution in [0.4, 0.5) is 0 Å². The normalized spacial score (nSPS) is 13.8. The van der Waals surface area contributed by atoms with Crippen molar-refractivity contribution in [3.63, 3.8) is 0 Å². The van der Waals surface area contributed by atoms with Gasteiger partial charge in [0.1, 0.15) is 0 Å². The highest BCUT2D eigenvalue weighted by atomic mass is 32.2. The van der Waals surface area contributed by atoms with Crippen LogP contribution in [0.3, 0.4) is 0 Å². The Balaban J connectivity index is 4.73. The Kier molecular flexibility index (Phi) is 11.0. The maximum absolute atomic E-state index is 2.50. The Bertz CT molecular complexity index is 255. The SMILES string of the molecule is CC(C)CC(C)(CC(C)C)SCSC(C)(CC(C)C)CC(C)C. The molecular formula is C21H44S2. The van der Waals surface area contributed by atoms with E-state index in [0.717, 1.165) is 23.7 Å². The summed E-state index contributed by atoms with van der Waals surface area (Å²) in [6.07, 6.45) is 5.34. The molecular weight excluding hydrogens is 316 g/mol. The average Bonchev–Trinajstić information content (AvgIpc) is 2.22. The summed E-state index contributed by atoms with van der Waals surface area (Å²) in [5.41, 5.74) is 0. The van der Waals surface area contributed by atoms with Crippen molar-refractivity contribution in [3.05, 3.63) is 0 Å². The monoisotopic (exact) mass is 360 g/mol. The zero-order chi connectivity index (χ0) is 18.3. The highest BCUT2D eigenvalue weighted by Gasteiger charge is 2.31. The number of hydrogen-bond donors (Lipinski definition) is 0. The molecule has 0 saturated heterocycles. The average molecular weight is 361 g/mol. The van der Waals surface area contributed by atoms with Gasteiger partial charge in [0.05, 0.1) is 0 Å². The van der Waals surface area contributed by atoms with Gasteiger partial charge in [-0.2, -0.15) is 0 Å². The molecule has 0 nitrogen and oxygen atoms in total. The lowest BCUT2D eigenvalue weighted by Crippen LogP contribution is -2.28. The van der Waals surface area contributed by atoms with E-state index in [9.17, 15) is 0 Å². The van der Waals surface area contributed by atoms with Gasteiger partial charge in [0, 0.05) is 14.6 Å². The molecule has 0 unspecified atom stereocenters. The van der Waals surface area contributed by atoms with Gasteiger partial charge in [-0.25, -0.2) is 0 Å². The van der Waals surface area contributed by atoms with Gasteiger partial charge in [-0.3, -0.25) is 0 Å². The van der Waals surface area contributed by atoms with Gasteiger partial charge in [-0.15, -0.1) is 23.5 Å². The molecule has 140 valence electrons. The number of hydrogen-bond acceptors (Lipinski definition) is 2. The summed E-state index contributed by atoms with van der Waals surface area (Å²) in [7, 11) is 0. The predicted molar refractivity (Wildman–Crippen MR) is 115 cm³/mol. The minimum Gasteiger partial charge on any atom is -0.144 e. The Hall–Kier alpha value is 0.700. The van der Waals surface area contributed by atoms with Crippen molar-refractivity contribution < 1.29 is 0 Å². The summed E-state index contributed by atoms with van der Waals surface area (Å²) in [6, 6.07) is 0. The Morgan fingerprint density at radius 3 is 0.913 bits per heavy atom. The molecule has 0 N–H and O–H groups in total. The van der Waals surface area contributed by atoms with Gasteiger partial charge < -0.3 is 0 Å². The highest BCUT2D eigenvalue weighted by molar-refractivity contribution is 8.17. The zero-order valence-corrected chi connectivity index (χ0v) is 19.3. The van der Waals surface area contributed by atoms with Gasteiger partial charge >= 0.3 is 0 Å². The van der Waals surface area contributed by atoms with Crippen molar-refractivity contribution in [1.82, 2.24) is 0 Å². The second kappa shape index (κ2) is 10.6. The molecule has 23 heavy (non-hydrogen) atoms. The quantitative estimate of drug-likeness (QED) is 0.322. The smallest absolute Gasteiger partial charge is 0.0403 e. The lowest BCUT2D eigenvalue weighted by Gasteiger charge is -2.36. The predicted octanol–water partition coefficient (Wildman–Crippen LogP) is 8.11. The molecule has 0 aliphatic rings. The minimum atomic E-state index is 0.436. The molecule has 0 atom stereocenters. The minimum absolute atomic E-state index is 0.436. The van der Waals surface area contributed by atoms with Crippen LogP contribution in [0.25, 0.3) is 0 Å². The van der Waals surface area contributed by atoms with Crippen LogP contribution in [0.1, 0.15) is 94.9 Å². The van der Waals surface area contributed by atoms with E-state index in [4.69, 9.17) is 0 Å². The largest absolute Gasteiger partial charge is 0.144 e. The van der Waals surface area contributed by atoms with E-state index in [0.29, 0.717) is 9.49 Å². The molecule has 0 aliphatic heterocycles. The first-order valence-corrected chi connectivity index (χ1v) is 11.6. The van der Waals surface area contributed by atoms with Gasteiger partial charge in [-0.1, -0.05) is 69.2 Å². The van der Waals surface area contributed by atoms with Crippen LogP contribution in [0, 0.1) is 23.7 Å². The zero-order valence-electron chi connectivity index (χ0n) is 17.7. The van der Waals surface area contributed by atoms with E-state index in [-0.39, 0.29) is 0 Å². The summed E-state index contributed by atoms with van der Waals surface area (Å²) >= 11 is 4.45. The summed E-state index contributed by atoms with van der Waals surface area (Å²) < 4.78 is 0.873. The van der Waals surface area contributed by atoms with E-state index in [1.807, 2.05) is 0 Å². The second-order valence-corrected chi connectivity index (χ2v) is 13.2. The molecule has 0 heterocycles. The topological polar surface area (TPSA) is 0 Å². The van der Waals surface area contributed by atoms with E-state index in [2.05, 4.69) is 92.8 Å². The molecule has 0 rings (SSSR count). The molecule has 0 saturated carbocycles. The van der Waals surface area contributed by atoms with Crippen molar-refractivity contribution in [2.24, 2.45) is 23.7 Å². The van der Waals surface area contributed by atoms with E-state index in [1.165, 1.54) is 30.8 Å². The Labute approximate surface area is 156 Å². The number of thioether (sulfide) groups is 2. The van der Waals surface area contributed by atoms with Crippen molar-refractivity contribution >= 4 is 23.5 Å². The van der Waals surface area contributed by atoms with E-state index in [1.54, 1.807) is 0 Å². The fourth-order valence-electron chi connectivity index (χ4n) is 4.17. The molecule has 0 fully saturated rings. The maximum Gasteiger partial charge on any atom is 0.0403 e. The molecule has 0 aliphatic carbocycles. The van der Waals surface area contributed by atoms with E-state index < -0.39 is 0 Å². The van der Waals surface area contributed by atoms with E-state index >= 15 is 0 Å². The molecule has 0 bridgehead atoms. The summed E-state index contributed by atoms with van der Waals surface area (Å²) in [5, 5.41) is 1.24. The molecule has 2 heteroatoms. The van der Waals surface area contributed by atoms with Crippen LogP contribution in [-0.2, 0) is 0 Å². The van der Waals surface area contributed by atoms with Gasteiger partial charge in [0.2, 0.25) is 0 Å².